The molecule has 0 aliphatic rings. The summed E-state index contributed by atoms with van der Waals surface area (Å²) in [5, 5.41) is 4.52. The Bertz CT molecular complexity index is 721. The number of aryl methyl sites for hydroxylation is 2. The molecule has 0 bridgehead atoms. The minimum absolute atomic E-state index is 0.122. The highest BCUT2D eigenvalue weighted by molar-refractivity contribution is 5.94. The molecule has 0 saturated carbocycles. The smallest absolute Gasteiger partial charge is 0.257 e. The molecule has 0 aliphatic carbocycles. The summed E-state index contributed by atoms with van der Waals surface area (Å²) in [5.74, 6) is -0.457. The SMILES string of the molecule is CCn1nc(C)c(CN(CC(C)C)C(=O)c2ccccc2F)c1C. The van der Waals surface area contributed by atoms with E-state index in [4.69, 9.17) is 0 Å². The average molecular weight is 331 g/mol. The summed E-state index contributed by atoms with van der Waals surface area (Å²) >= 11 is 0. The molecule has 1 amide bonds. The zero-order valence-electron chi connectivity index (χ0n) is 15.1. The van der Waals surface area contributed by atoms with Crippen molar-refractivity contribution in [2.24, 2.45) is 5.92 Å². The van der Waals surface area contributed by atoms with Gasteiger partial charge in [-0.05, 0) is 38.8 Å². The number of benzene rings is 1. The van der Waals surface area contributed by atoms with Crippen LogP contribution in [0.5, 0.6) is 0 Å². The van der Waals surface area contributed by atoms with Gasteiger partial charge < -0.3 is 4.90 Å². The summed E-state index contributed by atoms with van der Waals surface area (Å²) in [7, 11) is 0. The van der Waals surface area contributed by atoms with Crippen LogP contribution in [0.3, 0.4) is 0 Å². The van der Waals surface area contributed by atoms with E-state index in [1.54, 1.807) is 23.1 Å². The first-order chi connectivity index (χ1) is 11.3. The van der Waals surface area contributed by atoms with Crippen LogP contribution in [-0.4, -0.2) is 27.1 Å². The van der Waals surface area contributed by atoms with E-state index in [0.717, 1.165) is 23.5 Å². The maximum absolute atomic E-state index is 14.0. The Morgan fingerprint density at radius 3 is 2.50 bits per heavy atom. The highest BCUT2D eigenvalue weighted by atomic mass is 19.1. The second-order valence-electron chi connectivity index (χ2n) is 6.52. The number of hydrogen-bond acceptors (Lipinski definition) is 2. The normalized spacial score (nSPS) is 11.1. The maximum Gasteiger partial charge on any atom is 0.257 e. The molecule has 4 nitrogen and oxygen atoms in total. The molecule has 0 saturated heterocycles. The monoisotopic (exact) mass is 331 g/mol. The molecule has 24 heavy (non-hydrogen) atoms. The highest BCUT2D eigenvalue weighted by Crippen LogP contribution is 2.19. The topological polar surface area (TPSA) is 38.1 Å². The van der Waals surface area contributed by atoms with Crippen molar-refractivity contribution in [1.29, 1.82) is 0 Å². The number of aromatic nitrogens is 2. The lowest BCUT2D eigenvalue weighted by atomic mass is 10.1. The van der Waals surface area contributed by atoms with Gasteiger partial charge in [-0.1, -0.05) is 26.0 Å². The summed E-state index contributed by atoms with van der Waals surface area (Å²) < 4.78 is 16.0. The van der Waals surface area contributed by atoms with Crippen LogP contribution in [0.25, 0.3) is 0 Å². The largest absolute Gasteiger partial charge is 0.334 e. The third kappa shape index (κ3) is 3.83. The third-order valence-electron chi connectivity index (χ3n) is 4.16. The van der Waals surface area contributed by atoms with Gasteiger partial charge in [-0.15, -0.1) is 0 Å². The van der Waals surface area contributed by atoms with Crippen molar-refractivity contribution >= 4 is 5.91 Å². The third-order valence-corrected chi connectivity index (χ3v) is 4.16. The molecule has 1 aromatic carbocycles. The number of amides is 1. The van der Waals surface area contributed by atoms with E-state index in [-0.39, 0.29) is 11.5 Å². The van der Waals surface area contributed by atoms with E-state index in [0.29, 0.717) is 19.0 Å². The van der Waals surface area contributed by atoms with Crippen molar-refractivity contribution in [3.8, 4) is 0 Å². The number of carbonyl (C=O) groups excluding carboxylic acids is 1. The Morgan fingerprint density at radius 1 is 1.29 bits per heavy atom. The van der Waals surface area contributed by atoms with Crippen LogP contribution in [-0.2, 0) is 13.1 Å². The van der Waals surface area contributed by atoms with Crippen molar-refractivity contribution < 1.29 is 9.18 Å². The van der Waals surface area contributed by atoms with Gasteiger partial charge in [0, 0.05) is 30.9 Å². The van der Waals surface area contributed by atoms with Gasteiger partial charge in [0.15, 0.2) is 0 Å². The molecule has 0 radical (unpaired) electrons. The van der Waals surface area contributed by atoms with Crippen molar-refractivity contribution in [1.82, 2.24) is 14.7 Å². The fourth-order valence-electron chi connectivity index (χ4n) is 2.93. The predicted octanol–water partition coefficient (Wildman–Crippen LogP) is 3.96. The zero-order valence-corrected chi connectivity index (χ0v) is 15.1. The molecule has 1 heterocycles. The zero-order chi connectivity index (χ0) is 17.9. The van der Waals surface area contributed by atoms with E-state index in [2.05, 4.69) is 18.9 Å². The Labute approximate surface area is 143 Å². The molecule has 0 fully saturated rings. The molecule has 2 aromatic rings. The summed E-state index contributed by atoms with van der Waals surface area (Å²) in [5.41, 5.74) is 3.15. The van der Waals surface area contributed by atoms with Crippen molar-refractivity contribution in [3.05, 3.63) is 52.6 Å². The molecule has 1 aromatic heterocycles. The number of halogens is 1. The molecule has 0 N–H and O–H groups in total. The quantitative estimate of drug-likeness (QED) is 0.803. The molecule has 130 valence electrons. The fraction of sp³-hybridized carbons (Fsp3) is 0.474. The summed E-state index contributed by atoms with van der Waals surface area (Å²) in [6.07, 6.45) is 0. The average Bonchev–Trinajstić information content (AvgIpc) is 2.81. The van der Waals surface area contributed by atoms with Crippen LogP contribution in [0.15, 0.2) is 24.3 Å². The predicted molar refractivity (Wildman–Crippen MR) is 93.4 cm³/mol. The van der Waals surface area contributed by atoms with Gasteiger partial charge in [0.25, 0.3) is 5.91 Å². The lowest BCUT2D eigenvalue weighted by Gasteiger charge is -2.25. The van der Waals surface area contributed by atoms with Crippen molar-refractivity contribution in [3.63, 3.8) is 0 Å². The first kappa shape index (κ1) is 18.2. The molecule has 0 spiro atoms. The Hall–Kier alpha value is -2.17. The van der Waals surface area contributed by atoms with Crippen LogP contribution < -0.4 is 0 Å². The van der Waals surface area contributed by atoms with Crippen LogP contribution >= 0.6 is 0 Å². The second-order valence-corrected chi connectivity index (χ2v) is 6.52. The van der Waals surface area contributed by atoms with Crippen molar-refractivity contribution in [2.45, 2.75) is 47.7 Å². The van der Waals surface area contributed by atoms with E-state index in [1.165, 1.54) is 6.07 Å². The van der Waals surface area contributed by atoms with Gasteiger partial charge in [-0.3, -0.25) is 9.48 Å². The minimum atomic E-state index is -0.478. The van der Waals surface area contributed by atoms with Crippen LogP contribution in [0.4, 0.5) is 4.39 Å². The van der Waals surface area contributed by atoms with E-state index >= 15 is 0 Å². The summed E-state index contributed by atoms with van der Waals surface area (Å²) in [6, 6.07) is 6.15. The lowest BCUT2D eigenvalue weighted by molar-refractivity contribution is 0.0717. The fourth-order valence-corrected chi connectivity index (χ4v) is 2.93. The standard InChI is InChI=1S/C19H26FN3O/c1-6-23-15(5)17(14(4)21-23)12-22(11-13(2)3)19(24)16-9-7-8-10-18(16)20/h7-10,13H,6,11-12H2,1-5H3. The minimum Gasteiger partial charge on any atom is -0.334 e. The summed E-state index contributed by atoms with van der Waals surface area (Å²) in [4.78, 5) is 14.6. The van der Waals surface area contributed by atoms with E-state index in [1.807, 2.05) is 25.5 Å². The van der Waals surface area contributed by atoms with Gasteiger partial charge in [0.1, 0.15) is 5.82 Å². The molecule has 5 heteroatoms. The maximum atomic E-state index is 14.0. The van der Waals surface area contributed by atoms with Gasteiger partial charge >= 0.3 is 0 Å². The highest BCUT2D eigenvalue weighted by Gasteiger charge is 2.23. The Balaban J connectivity index is 2.34. The number of hydrogen-bond donors (Lipinski definition) is 0. The van der Waals surface area contributed by atoms with Gasteiger partial charge in [0.05, 0.1) is 11.3 Å². The lowest BCUT2D eigenvalue weighted by Crippen LogP contribution is -2.34. The number of rotatable bonds is 6. The first-order valence-electron chi connectivity index (χ1n) is 8.41. The van der Waals surface area contributed by atoms with Crippen LogP contribution in [0.2, 0.25) is 0 Å². The number of carbonyl (C=O) groups is 1. The van der Waals surface area contributed by atoms with Gasteiger partial charge in [0.2, 0.25) is 0 Å². The van der Waals surface area contributed by atoms with Crippen LogP contribution in [0.1, 0.15) is 48.1 Å². The number of nitrogens with zero attached hydrogens (tertiary/aromatic N) is 3. The van der Waals surface area contributed by atoms with Crippen molar-refractivity contribution in [2.75, 3.05) is 6.54 Å². The molecule has 0 atom stereocenters. The molecule has 0 unspecified atom stereocenters. The van der Waals surface area contributed by atoms with E-state index < -0.39 is 5.82 Å². The van der Waals surface area contributed by atoms with E-state index in [9.17, 15) is 9.18 Å². The van der Waals surface area contributed by atoms with Crippen LogP contribution in [0, 0.1) is 25.6 Å². The van der Waals surface area contributed by atoms with Gasteiger partial charge in [-0.25, -0.2) is 4.39 Å². The second kappa shape index (κ2) is 7.60. The van der Waals surface area contributed by atoms with Gasteiger partial charge in [-0.2, -0.15) is 5.10 Å². The summed E-state index contributed by atoms with van der Waals surface area (Å²) in [6.45, 7) is 11.9. The Morgan fingerprint density at radius 2 is 1.96 bits per heavy atom. The first-order valence-corrected chi connectivity index (χ1v) is 8.41. The Kier molecular flexibility index (Phi) is 5.75. The molecule has 2 rings (SSSR count). The molecular weight excluding hydrogens is 305 g/mol. The molecular formula is C19H26FN3O. The molecule has 0 aliphatic heterocycles.